The van der Waals surface area contributed by atoms with Crippen LogP contribution < -0.4 is 4.74 Å². The lowest BCUT2D eigenvalue weighted by Gasteiger charge is -2.29. The molecule has 0 aromatic heterocycles. The molecule has 0 amide bonds. The van der Waals surface area contributed by atoms with Gasteiger partial charge in [-0.1, -0.05) is 31.4 Å². The second-order valence-electron chi connectivity index (χ2n) is 8.34. The summed E-state index contributed by atoms with van der Waals surface area (Å²) in [6, 6.07) is 8.64. The van der Waals surface area contributed by atoms with Gasteiger partial charge in [0.15, 0.2) is 0 Å². The van der Waals surface area contributed by atoms with Crippen molar-refractivity contribution in [3.05, 3.63) is 53.6 Å². The minimum absolute atomic E-state index is 0.120. The Labute approximate surface area is 180 Å². The van der Waals surface area contributed by atoms with Gasteiger partial charge >= 0.3 is 0 Å². The van der Waals surface area contributed by atoms with Crippen LogP contribution in [0.25, 0.3) is 11.1 Å². The lowest BCUT2D eigenvalue weighted by molar-refractivity contribution is 0.0819. The number of rotatable bonds is 10. The van der Waals surface area contributed by atoms with E-state index in [1.807, 2.05) is 0 Å². The van der Waals surface area contributed by atoms with Crippen molar-refractivity contribution in [3.8, 4) is 16.9 Å². The Bertz CT molecular complexity index is 790. The Kier molecular flexibility index (Phi) is 8.73. The minimum atomic E-state index is -2.58. The number of ether oxygens (including phenoxy) is 1. The fourth-order valence-electron chi connectivity index (χ4n) is 4.47. The molecule has 1 nitrogen and oxygen atoms in total. The van der Waals surface area contributed by atoms with Crippen LogP contribution in [0.3, 0.4) is 0 Å². The Morgan fingerprint density at radius 1 is 0.871 bits per heavy atom. The van der Waals surface area contributed by atoms with Crippen LogP contribution in [-0.2, 0) is 0 Å². The number of hydrogen-bond acceptors (Lipinski definition) is 1. The lowest BCUT2D eigenvalue weighted by atomic mass is 9.77. The summed E-state index contributed by atoms with van der Waals surface area (Å²) in [6.07, 6.45) is 4.99. The quantitative estimate of drug-likeness (QED) is 0.268. The van der Waals surface area contributed by atoms with Gasteiger partial charge in [-0.05, 0) is 79.3 Å². The smallest absolute Gasteiger partial charge is 0.272 e. The summed E-state index contributed by atoms with van der Waals surface area (Å²) in [7, 11) is 0. The Morgan fingerprint density at radius 2 is 1.52 bits per heavy atom. The first kappa shape index (κ1) is 23.6. The van der Waals surface area contributed by atoms with Crippen molar-refractivity contribution in [1.29, 1.82) is 0 Å². The second-order valence-corrected chi connectivity index (χ2v) is 8.34. The summed E-state index contributed by atoms with van der Waals surface area (Å²) < 4.78 is 71.2. The molecule has 1 saturated carbocycles. The zero-order chi connectivity index (χ0) is 22.2. The molecule has 1 aliphatic carbocycles. The van der Waals surface area contributed by atoms with Crippen LogP contribution in [0.5, 0.6) is 5.75 Å². The maximum absolute atomic E-state index is 14.8. The maximum Gasteiger partial charge on any atom is 0.272 e. The van der Waals surface area contributed by atoms with E-state index >= 15 is 0 Å². The lowest BCUT2D eigenvalue weighted by Crippen LogP contribution is -2.14. The maximum atomic E-state index is 14.8. The summed E-state index contributed by atoms with van der Waals surface area (Å²) in [4.78, 5) is 0. The summed E-state index contributed by atoms with van der Waals surface area (Å²) in [6.45, 7) is -0.979. The van der Waals surface area contributed by atoms with Crippen LogP contribution in [0.1, 0.15) is 62.8 Å². The van der Waals surface area contributed by atoms with E-state index in [1.54, 1.807) is 0 Å². The molecule has 2 aromatic carbocycles. The molecular formula is C25H29F5O. The number of hydrogen-bond donors (Lipinski definition) is 0. The van der Waals surface area contributed by atoms with Crippen LogP contribution in [0.2, 0.25) is 0 Å². The van der Waals surface area contributed by atoms with Gasteiger partial charge in [0.05, 0.1) is 12.2 Å². The molecular weight excluding hydrogens is 411 g/mol. The van der Waals surface area contributed by atoms with Gasteiger partial charge in [0.2, 0.25) is 0 Å². The minimum Gasteiger partial charge on any atom is -0.488 e. The molecule has 0 heterocycles. The largest absolute Gasteiger partial charge is 0.488 e. The molecule has 0 saturated heterocycles. The summed E-state index contributed by atoms with van der Waals surface area (Å²) in [5, 5.41) is 0. The van der Waals surface area contributed by atoms with E-state index in [0.29, 0.717) is 23.5 Å². The average molecular weight is 440 g/mol. The molecule has 0 radical (unpaired) electrons. The van der Waals surface area contributed by atoms with Crippen LogP contribution in [0.4, 0.5) is 22.0 Å². The molecule has 0 spiro atoms. The molecule has 1 fully saturated rings. The van der Waals surface area contributed by atoms with Crippen molar-refractivity contribution in [3.63, 3.8) is 0 Å². The summed E-state index contributed by atoms with van der Waals surface area (Å²) >= 11 is 0. The second kappa shape index (κ2) is 11.5. The fraction of sp³-hybridized carbons (Fsp3) is 0.520. The molecule has 170 valence electrons. The van der Waals surface area contributed by atoms with E-state index in [-0.39, 0.29) is 23.9 Å². The monoisotopic (exact) mass is 440 g/mol. The first-order valence-electron chi connectivity index (χ1n) is 11.0. The third-order valence-corrected chi connectivity index (χ3v) is 6.15. The molecule has 1 aliphatic rings. The zero-order valence-electron chi connectivity index (χ0n) is 17.6. The molecule has 31 heavy (non-hydrogen) atoms. The molecule has 0 bridgehead atoms. The van der Waals surface area contributed by atoms with Crippen LogP contribution in [0.15, 0.2) is 36.4 Å². The highest BCUT2D eigenvalue weighted by Crippen LogP contribution is 2.39. The van der Waals surface area contributed by atoms with E-state index in [1.165, 1.54) is 36.4 Å². The molecule has 0 atom stereocenters. The molecule has 2 aromatic rings. The van der Waals surface area contributed by atoms with Gasteiger partial charge < -0.3 is 4.74 Å². The van der Waals surface area contributed by atoms with Crippen molar-refractivity contribution in [2.75, 3.05) is 13.3 Å². The van der Waals surface area contributed by atoms with Crippen molar-refractivity contribution < 1.29 is 26.7 Å². The third kappa shape index (κ3) is 6.68. The van der Waals surface area contributed by atoms with E-state index in [0.717, 1.165) is 44.9 Å². The zero-order valence-corrected chi connectivity index (χ0v) is 17.6. The number of benzene rings is 2. The number of halogens is 5. The highest BCUT2D eigenvalue weighted by Gasteiger charge is 2.24. The average Bonchev–Trinajstić information content (AvgIpc) is 2.76. The van der Waals surface area contributed by atoms with Gasteiger partial charge in [-0.15, -0.1) is 0 Å². The van der Waals surface area contributed by atoms with E-state index < -0.39 is 24.7 Å². The van der Waals surface area contributed by atoms with Crippen molar-refractivity contribution in [2.45, 2.75) is 63.7 Å². The fourth-order valence-corrected chi connectivity index (χ4v) is 4.47. The highest BCUT2D eigenvalue weighted by atomic mass is 19.3. The van der Waals surface area contributed by atoms with Crippen LogP contribution in [0, 0.1) is 17.6 Å². The first-order chi connectivity index (χ1) is 15.0. The van der Waals surface area contributed by atoms with Crippen LogP contribution >= 0.6 is 0 Å². The normalized spacial score (nSPS) is 19.0. The molecule has 0 aliphatic heterocycles. The first-order valence-corrected chi connectivity index (χ1v) is 11.0. The SMILES string of the molecule is FCCCCCC1CCC(c2cc(F)c(-c3ccc(OCC(F)F)cc3)c(F)c2)CC1. The van der Waals surface area contributed by atoms with Gasteiger partial charge in [0.25, 0.3) is 6.43 Å². The summed E-state index contributed by atoms with van der Waals surface area (Å²) in [5.74, 6) is -0.252. The standard InChI is InChI=1S/C25H29F5O/c26-13-3-1-2-4-17-5-7-18(8-6-17)20-14-22(27)25(23(28)15-20)19-9-11-21(12-10-19)31-16-24(29)30/h9-12,14-15,17-18,24H,1-8,13,16H2. The topological polar surface area (TPSA) is 9.23 Å². The molecule has 0 N–H and O–H groups in total. The van der Waals surface area contributed by atoms with Gasteiger partial charge in [0.1, 0.15) is 24.0 Å². The van der Waals surface area contributed by atoms with Crippen molar-refractivity contribution in [2.24, 2.45) is 5.92 Å². The van der Waals surface area contributed by atoms with E-state index in [2.05, 4.69) is 0 Å². The van der Waals surface area contributed by atoms with Crippen molar-refractivity contribution >= 4 is 0 Å². The van der Waals surface area contributed by atoms with E-state index in [9.17, 15) is 22.0 Å². The van der Waals surface area contributed by atoms with Gasteiger partial charge in [-0.3, -0.25) is 4.39 Å². The summed E-state index contributed by atoms with van der Waals surface area (Å²) in [5.41, 5.74) is 0.903. The third-order valence-electron chi connectivity index (χ3n) is 6.15. The predicted molar refractivity (Wildman–Crippen MR) is 112 cm³/mol. The van der Waals surface area contributed by atoms with Crippen LogP contribution in [-0.4, -0.2) is 19.7 Å². The van der Waals surface area contributed by atoms with Crippen molar-refractivity contribution in [1.82, 2.24) is 0 Å². The Morgan fingerprint density at radius 3 is 2.10 bits per heavy atom. The van der Waals surface area contributed by atoms with Gasteiger partial charge in [-0.25, -0.2) is 17.6 Å². The van der Waals surface area contributed by atoms with E-state index in [4.69, 9.17) is 4.74 Å². The number of alkyl halides is 3. The Balaban J connectivity index is 1.62. The van der Waals surface area contributed by atoms with Gasteiger partial charge in [-0.2, -0.15) is 0 Å². The predicted octanol–water partition coefficient (Wildman–Crippen LogP) is 8.08. The van der Waals surface area contributed by atoms with Gasteiger partial charge in [0, 0.05) is 0 Å². The number of unbranched alkanes of at least 4 members (excludes halogenated alkanes) is 2. The molecule has 6 heteroatoms. The Hall–Kier alpha value is -2.11. The highest BCUT2D eigenvalue weighted by molar-refractivity contribution is 5.66. The molecule has 3 rings (SSSR count). The molecule has 0 unspecified atom stereocenters.